The maximum atomic E-state index is 12.5. The largest absolute Gasteiger partial charge is 0.457 e. The SMILES string of the molecule is O=C1NC(=O)N(c2ccc(Oc3ccccc3)cc2)C(=S)C1=Cc1cc2ccsc2s1. The van der Waals surface area contributed by atoms with E-state index < -0.39 is 11.9 Å². The molecular weight excluding hydrogens is 448 g/mol. The van der Waals surface area contributed by atoms with E-state index in [9.17, 15) is 9.59 Å². The lowest BCUT2D eigenvalue weighted by Crippen LogP contribution is -2.53. The molecule has 0 unspecified atom stereocenters. The Balaban J connectivity index is 1.42. The quantitative estimate of drug-likeness (QED) is 0.289. The van der Waals surface area contributed by atoms with Gasteiger partial charge in [-0.15, -0.1) is 22.7 Å². The molecule has 3 amide bonds. The second-order valence-corrected chi connectivity index (χ2v) is 9.32. The number of anilines is 1. The van der Waals surface area contributed by atoms with Crippen molar-refractivity contribution in [2.45, 2.75) is 0 Å². The van der Waals surface area contributed by atoms with Crippen molar-refractivity contribution in [3.05, 3.63) is 82.6 Å². The molecule has 8 heteroatoms. The van der Waals surface area contributed by atoms with Gasteiger partial charge in [0, 0.05) is 10.3 Å². The zero-order valence-corrected chi connectivity index (χ0v) is 18.4. The fraction of sp³-hybridized carbons (Fsp3) is 0. The first-order valence-electron chi connectivity index (χ1n) is 9.30. The number of nitrogens with zero attached hydrogens (tertiary/aromatic N) is 1. The first-order chi connectivity index (χ1) is 15.1. The minimum absolute atomic E-state index is 0.169. The summed E-state index contributed by atoms with van der Waals surface area (Å²) in [5.74, 6) is 0.851. The monoisotopic (exact) mass is 462 g/mol. The lowest BCUT2D eigenvalue weighted by Gasteiger charge is -2.29. The average Bonchev–Trinajstić information content (AvgIpc) is 3.35. The summed E-state index contributed by atoms with van der Waals surface area (Å²) in [5.41, 5.74) is 0.835. The number of rotatable bonds is 4. The van der Waals surface area contributed by atoms with Crippen LogP contribution >= 0.6 is 34.9 Å². The smallest absolute Gasteiger partial charge is 0.334 e. The van der Waals surface area contributed by atoms with Gasteiger partial charge in [0.15, 0.2) is 0 Å². The maximum absolute atomic E-state index is 12.5. The van der Waals surface area contributed by atoms with Gasteiger partial charge in [-0.3, -0.25) is 15.0 Å². The Labute approximate surface area is 191 Å². The lowest BCUT2D eigenvalue weighted by molar-refractivity contribution is -0.116. The number of thiocarbonyl (C=S) groups is 1. The van der Waals surface area contributed by atoms with Crippen LogP contribution in [-0.2, 0) is 4.79 Å². The molecule has 5 rings (SSSR count). The first kappa shape index (κ1) is 19.6. The van der Waals surface area contributed by atoms with E-state index in [-0.39, 0.29) is 10.6 Å². The first-order valence-corrected chi connectivity index (χ1v) is 11.4. The molecule has 1 saturated heterocycles. The fourth-order valence-corrected chi connectivity index (χ4v) is 5.59. The van der Waals surface area contributed by atoms with Crippen LogP contribution in [0.15, 0.2) is 77.7 Å². The molecule has 152 valence electrons. The molecule has 5 nitrogen and oxygen atoms in total. The minimum atomic E-state index is -0.573. The van der Waals surface area contributed by atoms with Crippen molar-refractivity contribution in [1.82, 2.24) is 5.32 Å². The van der Waals surface area contributed by atoms with Crippen LogP contribution in [0.1, 0.15) is 4.88 Å². The topological polar surface area (TPSA) is 58.6 Å². The van der Waals surface area contributed by atoms with Gasteiger partial charge in [0.2, 0.25) is 0 Å². The Hall–Kier alpha value is -3.33. The molecule has 1 aliphatic heterocycles. The van der Waals surface area contributed by atoms with Crippen LogP contribution in [-0.4, -0.2) is 16.9 Å². The predicted molar refractivity (Wildman–Crippen MR) is 129 cm³/mol. The summed E-state index contributed by atoms with van der Waals surface area (Å²) in [6, 6.07) is 19.9. The van der Waals surface area contributed by atoms with E-state index in [4.69, 9.17) is 17.0 Å². The molecule has 1 N–H and O–H groups in total. The number of thiophene rings is 2. The number of nitrogens with one attached hydrogen (secondary N) is 1. The van der Waals surface area contributed by atoms with Gasteiger partial charge in [-0.05, 0) is 60.0 Å². The molecule has 2 aromatic heterocycles. The van der Waals surface area contributed by atoms with Crippen LogP contribution < -0.4 is 15.0 Å². The Morgan fingerprint density at radius 2 is 1.71 bits per heavy atom. The van der Waals surface area contributed by atoms with Crippen LogP contribution in [0.25, 0.3) is 15.5 Å². The predicted octanol–water partition coefficient (Wildman–Crippen LogP) is 6.22. The second-order valence-electron chi connectivity index (χ2n) is 6.68. The number of hydrogen-bond acceptors (Lipinski definition) is 6. The van der Waals surface area contributed by atoms with Crippen molar-refractivity contribution < 1.29 is 14.3 Å². The Kier molecular flexibility index (Phi) is 5.11. The minimum Gasteiger partial charge on any atom is -0.457 e. The summed E-state index contributed by atoms with van der Waals surface area (Å²) < 4.78 is 6.97. The third-order valence-corrected chi connectivity index (χ3v) is 7.18. The van der Waals surface area contributed by atoms with Crippen LogP contribution in [0.4, 0.5) is 10.5 Å². The molecule has 1 fully saturated rings. The fourth-order valence-electron chi connectivity index (χ4n) is 3.18. The number of hydrogen-bond donors (Lipinski definition) is 1. The number of urea groups is 1. The molecule has 3 heterocycles. The number of ether oxygens (including phenoxy) is 1. The van der Waals surface area contributed by atoms with E-state index in [1.807, 2.05) is 47.8 Å². The van der Waals surface area contributed by atoms with E-state index in [2.05, 4.69) is 5.32 Å². The highest BCUT2D eigenvalue weighted by Gasteiger charge is 2.33. The molecule has 4 aromatic rings. The maximum Gasteiger partial charge on any atom is 0.334 e. The summed E-state index contributed by atoms with van der Waals surface area (Å²) in [7, 11) is 0. The zero-order valence-electron chi connectivity index (χ0n) is 15.9. The van der Waals surface area contributed by atoms with Crippen molar-refractivity contribution >= 4 is 73.0 Å². The second kappa shape index (κ2) is 8.07. The summed E-state index contributed by atoms with van der Waals surface area (Å²) in [6.07, 6.45) is 1.74. The Morgan fingerprint density at radius 3 is 2.45 bits per heavy atom. The third-order valence-electron chi connectivity index (χ3n) is 4.63. The van der Waals surface area contributed by atoms with Crippen LogP contribution in [0.2, 0.25) is 0 Å². The normalized spacial score (nSPS) is 15.5. The molecule has 2 aromatic carbocycles. The molecular formula is C23H14N2O3S3. The average molecular weight is 463 g/mol. The summed E-state index contributed by atoms with van der Waals surface area (Å²) >= 11 is 8.77. The number of carbonyl (C=O) groups is 2. The molecule has 0 atom stereocenters. The van der Waals surface area contributed by atoms with E-state index in [0.29, 0.717) is 17.2 Å². The molecule has 0 bridgehead atoms. The summed E-state index contributed by atoms with van der Waals surface area (Å²) in [6.45, 7) is 0. The van der Waals surface area contributed by atoms with E-state index in [1.165, 1.54) is 8.91 Å². The number of imide groups is 1. The number of amides is 3. The third kappa shape index (κ3) is 3.88. The van der Waals surface area contributed by atoms with Crippen molar-refractivity contribution in [3.8, 4) is 11.5 Å². The highest BCUT2D eigenvalue weighted by Crippen LogP contribution is 2.33. The van der Waals surface area contributed by atoms with Gasteiger partial charge in [-0.2, -0.15) is 0 Å². The summed E-state index contributed by atoms with van der Waals surface area (Å²) in [4.78, 5) is 27.4. The summed E-state index contributed by atoms with van der Waals surface area (Å²) in [5, 5.41) is 5.54. The van der Waals surface area contributed by atoms with Gasteiger partial charge in [0.1, 0.15) is 16.5 Å². The van der Waals surface area contributed by atoms with E-state index in [0.717, 1.165) is 10.3 Å². The Morgan fingerprint density at radius 1 is 0.968 bits per heavy atom. The van der Waals surface area contributed by atoms with Crippen molar-refractivity contribution in [2.24, 2.45) is 0 Å². The Bertz CT molecular complexity index is 1310. The van der Waals surface area contributed by atoms with Gasteiger partial charge in [0.05, 0.1) is 15.3 Å². The number of carbonyl (C=O) groups excluding carboxylic acids is 2. The van der Waals surface area contributed by atoms with Gasteiger partial charge >= 0.3 is 6.03 Å². The van der Waals surface area contributed by atoms with E-state index in [1.54, 1.807) is 53.0 Å². The molecule has 0 radical (unpaired) electrons. The number of fused-ring (bicyclic) bond motifs is 1. The van der Waals surface area contributed by atoms with Gasteiger partial charge in [-0.25, -0.2) is 4.79 Å². The number of para-hydroxylation sites is 1. The molecule has 1 aliphatic rings. The van der Waals surface area contributed by atoms with Crippen molar-refractivity contribution in [1.29, 1.82) is 0 Å². The lowest BCUT2D eigenvalue weighted by atomic mass is 10.1. The molecule has 0 spiro atoms. The van der Waals surface area contributed by atoms with Gasteiger partial charge in [-0.1, -0.05) is 30.4 Å². The van der Waals surface area contributed by atoms with Crippen LogP contribution in [0.3, 0.4) is 0 Å². The molecule has 0 saturated carbocycles. The standard InChI is InChI=1S/C23H14N2O3S3/c26-20-19(13-18-12-14-10-11-30-22(14)31-18)21(29)25(23(27)24-20)15-6-8-17(9-7-15)28-16-4-2-1-3-5-16/h1-13H,(H,24,26,27). The van der Waals surface area contributed by atoms with E-state index >= 15 is 0 Å². The van der Waals surface area contributed by atoms with Gasteiger partial charge in [0.25, 0.3) is 5.91 Å². The van der Waals surface area contributed by atoms with Crippen molar-refractivity contribution in [3.63, 3.8) is 0 Å². The van der Waals surface area contributed by atoms with Crippen LogP contribution in [0.5, 0.6) is 11.5 Å². The van der Waals surface area contributed by atoms with Gasteiger partial charge < -0.3 is 4.74 Å². The zero-order chi connectivity index (χ0) is 21.4. The van der Waals surface area contributed by atoms with Crippen molar-refractivity contribution in [2.75, 3.05) is 4.90 Å². The molecule has 0 aliphatic carbocycles. The van der Waals surface area contributed by atoms with Crippen LogP contribution in [0, 0.1) is 0 Å². The highest BCUT2D eigenvalue weighted by atomic mass is 32.2. The number of benzene rings is 2. The molecule has 31 heavy (non-hydrogen) atoms. The highest BCUT2D eigenvalue weighted by molar-refractivity contribution is 7.81.